The van der Waals surface area contributed by atoms with Crippen molar-refractivity contribution in [1.29, 1.82) is 0 Å². The SMILES string of the molecule is CCc1c(C)nn(C(=O)COc2ccc(C)cc2)c1C. The number of carbonyl (C=O) groups excluding carboxylic acids is 1. The number of aryl methyl sites for hydroxylation is 2. The van der Waals surface area contributed by atoms with Crippen LogP contribution in [-0.2, 0) is 6.42 Å². The molecule has 1 heterocycles. The smallest absolute Gasteiger partial charge is 0.284 e. The van der Waals surface area contributed by atoms with Crippen molar-refractivity contribution in [3.05, 3.63) is 46.8 Å². The van der Waals surface area contributed by atoms with Gasteiger partial charge in [-0.05, 0) is 44.9 Å². The molecular formula is C16H20N2O2. The predicted octanol–water partition coefficient (Wildman–Crippen LogP) is 3.09. The topological polar surface area (TPSA) is 44.1 Å². The second-order valence-corrected chi connectivity index (χ2v) is 4.91. The van der Waals surface area contributed by atoms with Gasteiger partial charge in [-0.25, -0.2) is 4.68 Å². The molecule has 0 radical (unpaired) electrons. The summed E-state index contributed by atoms with van der Waals surface area (Å²) in [6, 6.07) is 7.64. The van der Waals surface area contributed by atoms with Gasteiger partial charge < -0.3 is 4.74 Å². The Bertz CT molecular complexity index is 612. The van der Waals surface area contributed by atoms with E-state index in [1.165, 1.54) is 4.68 Å². The summed E-state index contributed by atoms with van der Waals surface area (Å²) in [5.41, 5.74) is 4.11. The zero-order chi connectivity index (χ0) is 14.7. The molecule has 0 atom stereocenters. The number of hydrogen-bond donors (Lipinski definition) is 0. The van der Waals surface area contributed by atoms with E-state index in [-0.39, 0.29) is 12.5 Å². The molecule has 0 saturated carbocycles. The van der Waals surface area contributed by atoms with Gasteiger partial charge in [0.25, 0.3) is 5.91 Å². The number of aromatic nitrogens is 2. The van der Waals surface area contributed by atoms with Crippen LogP contribution in [0.5, 0.6) is 5.75 Å². The van der Waals surface area contributed by atoms with Crippen LogP contribution < -0.4 is 4.74 Å². The molecule has 4 heteroatoms. The van der Waals surface area contributed by atoms with E-state index in [0.717, 1.165) is 28.9 Å². The predicted molar refractivity (Wildman–Crippen MR) is 78.4 cm³/mol. The first-order chi connectivity index (χ1) is 9.52. The molecule has 4 nitrogen and oxygen atoms in total. The molecular weight excluding hydrogens is 252 g/mol. The fourth-order valence-corrected chi connectivity index (χ4v) is 2.27. The molecule has 1 aromatic heterocycles. The minimum absolute atomic E-state index is 0.00578. The second-order valence-electron chi connectivity index (χ2n) is 4.91. The molecule has 1 aromatic carbocycles. The summed E-state index contributed by atoms with van der Waals surface area (Å²) < 4.78 is 6.95. The summed E-state index contributed by atoms with van der Waals surface area (Å²) in [5.74, 6) is 0.548. The van der Waals surface area contributed by atoms with Crippen molar-refractivity contribution in [3.8, 4) is 5.75 Å². The Labute approximate surface area is 119 Å². The number of nitrogens with zero attached hydrogens (tertiary/aromatic N) is 2. The molecule has 20 heavy (non-hydrogen) atoms. The molecule has 106 valence electrons. The quantitative estimate of drug-likeness (QED) is 0.859. The number of carbonyl (C=O) groups is 1. The Kier molecular flexibility index (Phi) is 4.23. The summed E-state index contributed by atoms with van der Waals surface area (Å²) in [6.07, 6.45) is 0.879. The van der Waals surface area contributed by atoms with E-state index in [9.17, 15) is 4.79 Å². The molecule has 0 unspecified atom stereocenters. The van der Waals surface area contributed by atoms with Crippen LogP contribution in [0.4, 0.5) is 0 Å². The van der Waals surface area contributed by atoms with E-state index in [4.69, 9.17) is 4.74 Å². The largest absolute Gasteiger partial charge is 0.484 e. The van der Waals surface area contributed by atoms with Gasteiger partial charge in [0.2, 0.25) is 0 Å². The van der Waals surface area contributed by atoms with Crippen LogP contribution >= 0.6 is 0 Å². The standard InChI is InChI=1S/C16H20N2O2/c1-5-15-12(3)17-18(13(15)4)16(19)10-20-14-8-6-11(2)7-9-14/h6-9H,5,10H2,1-4H3. The lowest BCUT2D eigenvalue weighted by Crippen LogP contribution is -2.21. The molecule has 0 aliphatic heterocycles. The first kappa shape index (κ1) is 14.3. The normalized spacial score (nSPS) is 10.6. The highest BCUT2D eigenvalue weighted by Crippen LogP contribution is 2.14. The lowest BCUT2D eigenvalue weighted by molar-refractivity contribution is 0.0818. The molecule has 0 aliphatic carbocycles. The van der Waals surface area contributed by atoms with Crippen LogP contribution in [0.25, 0.3) is 0 Å². The van der Waals surface area contributed by atoms with Gasteiger partial charge in [0.15, 0.2) is 6.61 Å². The van der Waals surface area contributed by atoms with Crippen LogP contribution in [0, 0.1) is 20.8 Å². The van der Waals surface area contributed by atoms with Crippen LogP contribution in [0.3, 0.4) is 0 Å². The Morgan fingerprint density at radius 1 is 1.20 bits per heavy atom. The Hall–Kier alpha value is -2.10. The van der Waals surface area contributed by atoms with E-state index in [1.807, 2.05) is 45.0 Å². The fraction of sp³-hybridized carbons (Fsp3) is 0.375. The van der Waals surface area contributed by atoms with Crippen molar-refractivity contribution in [2.24, 2.45) is 0 Å². The Balaban J connectivity index is 2.07. The number of hydrogen-bond acceptors (Lipinski definition) is 3. The van der Waals surface area contributed by atoms with Crippen molar-refractivity contribution in [2.75, 3.05) is 6.61 Å². The van der Waals surface area contributed by atoms with Crippen LogP contribution in [0.2, 0.25) is 0 Å². The first-order valence-corrected chi connectivity index (χ1v) is 6.80. The average molecular weight is 272 g/mol. The molecule has 2 aromatic rings. The molecule has 0 saturated heterocycles. The maximum absolute atomic E-state index is 12.2. The van der Waals surface area contributed by atoms with E-state index in [1.54, 1.807) is 0 Å². The lowest BCUT2D eigenvalue weighted by atomic mass is 10.1. The van der Waals surface area contributed by atoms with Gasteiger partial charge in [-0.1, -0.05) is 24.6 Å². The third-order valence-corrected chi connectivity index (χ3v) is 3.41. The maximum atomic E-state index is 12.2. The average Bonchev–Trinajstić information content (AvgIpc) is 2.72. The van der Waals surface area contributed by atoms with Gasteiger partial charge in [-0.3, -0.25) is 4.79 Å². The molecule has 0 aliphatic rings. The molecule has 0 bridgehead atoms. The number of benzene rings is 1. The van der Waals surface area contributed by atoms with E-state index in [0.29, 0.717) is 5.75 Å². The Morgan fingerprint density at radius 2 is 1.85 bits per heavy atom. The Morgan fingerprint density at radius 3 is 2.40 bits per heavy atom. The van der Waals surface area contributed by atoms with Crippen molar-refractivity contribution >= 4 is 5.91 Å². The number of ether oxygens (including phenoxy) is 1. The van der Waals surface area contributed by atoms with Crippen LogP contribution in [0.15, 0.2) is 24.3 Å². The molecule has 0 N–H and O–H groups in total. The van der Waals surface area contributed by atoms with Gasteiger partial charge in [0.05, 0.1) is 5.69 Å². The van der Waals surface area contributed by atoms with Gasteiger partial charge in [0.1, 0.15) is 5.75 Å². The minimum atomic E-state index is -0.147. The highest BCUT2D eigenvalue weighted by Gasteiger charge is 2.15. The van der Waals surface area contributed by atoms with Gasteiger partial charge in [-0.2, -0.15) is 5.10 Å². The van der Waals surface area contributed by atoms with Crippen molar-refractivity contribution in [3.63, 3.8) is 0 Å². The summed E-state index contributed by atoms with van der Waals surface area (Å²) in [5, 5.41) is 4.29. The van der Waals surface area contributed by atoms with Gasteiger partial charge >= 0.3 is 0 Å². The third-order valence-electron chi connectivity index (χ3n) is 3.41. The zero-order valence-corrected chi connectivity index (χ0v) is 12.4. The molecule has 0 amide bonds. The fourth-order valence-electron chi connectivity index (χ4n) is 2.27. The molecule has 2 rings (SSSR count). The summed E-state index contributed by atoms with van der Waals surface area (Å²) >= 11 is 0. The second kappa shape index (κ2) is 5.90. The monoisotopic (exact) mass is 272 g/mol. The zero-order valence-electron chi connectivity index (χ0n) is 12.4. The maximum Gasteiger partial charge on any atom is 0.284 e. The number of rotatable bonds is 4. The summed E-state index contributed by atoms with van der Waals surface area (Å²) in [6.45, 7) is 7.92. The van der Waals surface area contributed by atoms with Crippen LogP contribution in [0.1, 0.15) is 34.2 Å². The lowest BCUT2D eigenvalue weighted by Gasteiger charge is -2.07. The van der Waals surface area contributed by atoms with E-state index in [2.05, 4.69) is 12.0 Å². The first-order valence-electron chi connectivity index (χ1n) is 6.80. The minimum Gasteiger partial charge on any atom is -0.484 e. The van der Waals surface area contributed by atoms with Crippen molar-refractivity contribution < 1.29 is 9.53 Å². The van der Waals surface area contributed by atoms with Gasteiger partial charge in [0, 0.05) is 5.69 Å². The van der Waals surface area contributed by atoms with Gasteiger partial charge in [-0.15, -0.1) is 0 Å². The van der Waals surface area contributed by atoms with E-state index >= 15 is 0 Å². The third kappa shape index (κ3) is 2.90. The highest BCUT2D eigenvalue weighted by atomic mass is 16.5. The van der Waals surface area contributed by atoms with Crippen molar-refractivity contribution in [2.45, 2.75) is 34.1 Å². The molecule has 0 spiro atoms. The van der Waals surface area contributed by atoms with Crippen molar-refractivity contribution in [1.82, 2.24) is 9.78 Å². The summed E-state index contributed by atoms with van der Waals surface area (Å²) in [4.78, 5) is 12.2. The summed E-state index contributed by atoms with van der Waals surface area (Å²) in [7, 11) is 0. The van der Waals surface area contributed by atoms with E-state index < -0.39 is 0 Å². The van der Waals surface area contributed by atoms with Crippen LogP contribution in [-0.4, -0.2) is 22.3 Å². The molecule has 0 fully saturated rings. The highest BCUT2D eigenvalue weighted by molar-refractivity contribution is 5.80.